The summed E-state index contributed by atoms with van der Waals surface area (Å²) in [6, 6.07) is 13.0. The number of hydrogen-bond acceptors (Lipinski definition) is 3. The molecule has 3 heteroatoms. The van der Waals surface area contributed by atoms with Gasteiger partial charge in [-0.1, -0.05) is 96.9 Å². The molecule has 0 aliphatic rings. The van der Waals surface area contributed by atoms with Gasteiger partial charge in [-0.15, -0.1) is 0 Å². The predicted octanol–water partition coefficient (Wildman–Crippen LogP) is 9.11. The Bertz CT molecular complexity index is 957. The highest BCUT2D eigenvalue weighted by Gasteiger charge is 2.05. The molecule has 0 aliphatic carbocycles. The normalized spacial score (nSPS) is 11.5. The largest absolute Gasteiger partial charge is 0.255 e. The van der Waals surface area contributed by atoms with E-state index in [0.717, 1.165) is 47.3 Å². The molecule has 188 valence electrons. The fraction of sp³-hybridized carbons (Fsp3) is 0.531. The highest BCUT2D eigenvalue weighted by molar-refractivity contribution is 5.63. The van der Waals surface area contributed by atoms with Crippen LogP contribution in [0, 0.1) is 11.8 Å². The Hall–Kier alpha value is -2.55. The Kier molecular flexibility index (Phi) is 11.4. The lowest BCUT2D eigenvalue weighted by Crippen LogP contribution is -1.94. The second kappa shape index (κ2) is 14.8. The van der Waals surface area contributed by atoms with Crippen molar-refractivity contribution in [3.05, 3.63) is 66.1 Å². The Labute approximate surface area is 213 Å². The summed E-state index contributed by atoms with van der Waals surface area (Å²) in [7, 11) is 0. The van der Waals surface area contributed by atoms with Gasteiger partial charge in [0.15, 0.2) is 5.82 Å². The third-order valence-corrected chi connectivity index (χ3v) is 6.72. The van der Waals surface area contributed by atoms with E-state index in [4.69, 9.17) is 4.98 Å². The van der Waals surface area contributed by atoms with Crippen molar-refractivity contribution in [3.8, 4) is 22.6 Å². The van der Waals surface area contributed by atoms with Gasteiger partial charge in [-0.25, -0.2) is 9.97 Å². The molecule has 0 radical (unpaired) electrons. The average molecular weight is 472 g/mol. The Morgan fingerprint density at radius 2 is 1.06 bits per heavy atom. The Morgan fingerprint density at radius 1 is 0.514 bits per heavy atom. The van der Waals surface area contributed by atoms with E-state index in [1.807, 2.05) is 18.6 Å². The van der Waals surface area contributed by atoms with Crippen molar-refractivity contribution >= 4 is 0 Å². The predicted molar refractivity (Wildman–Crippen MR) is 149 cm³/mol. The molecular weight excluding hydrogens is 426 g/mol. The second-order valence-electron chi connectivity index (χ2n) is 10.9. The van der Waals surface area contributed by atoms with Crippen LogP contribution in [-0.4, -0.2) is 15.0 Å². The van der Waals surface area contributed by atoms with Crippen LogP contribution in [0.25, 0.3) is 22.6 Å². The van der Waals surface area contributed by atoms with Crippen molar-refractivity contribution in [2.45, 2.75) is 98.3 Å². The monoisotopic (exact) mass is 471 g/mol. The van der Waals surface area contributed by atoms with Crippen LogP contribution in [0.4, 0.5) is 0 Å². The first-order valence-corrected chi connectivity index (χ1v) is 13.9. The number of aryl methyl sites for hydroxylation is 2. The third kappa shape index (κ3) is 9.92. The molecule has 0 saturated heterocycles. The molecule has 0 amide bonds. The van der Waals surface area contributed by atoms with E-state index in [1.165, 1.54) is 68.9 Å². The third-order valence-electron chi connectivity index (χ3n) is 6.72. The van der Waals surface area contributed by atoms with Crippen molar-refractivity contribution < 1.29 is 0 Å². The number of pyridine rings is 1. The molecular formula is C32H45N3. The fourth-order valence-corrected chi connectivity index (χ4v) is 4.47. The highest BCUT2D eigenvalue weighted by Crippen LogP contribution is 2.22. The summed E-state index contributed by atoms with van der Waals surface area (Å²) in [4.78, 5) is 13.9. The maximum atomic E-state index is 4.69. The lowest BCUT2D eigenvalue weighted by Gasteiger charge is -2.07. The van der Waals surface area contributed by atoms with E-state index >= 15 is 0 Å². The topological polar surface area (TPSA) is 38.7 Å². The summed E-state index contributed by atoms with van der Waals surface area (Å²) in [5.74, 6) is 2.38. The number of benzene rings is 1. The molecule has 0 atom stereocenters. The zero-order chi connectivity index (χ0) is 24.9. The van der Waals surface area contributed by atoms with Crippen LogP contribution in [0.15, 0.2) is 55.0 Å². The lowest BCUT2D eigenvalue weighted by atomic mass is 10.0. The van der Waals surface area contributed by atoms with Crippen LogP contribution in [-0.2, 0) is 12.8 Å². The number of nitrogens with zero attached hydrogens (tertiary/aromatic N) is 3. The summed E-state index contributed by atoms with van der Waals surface area (Å²) in [5, 5.41) is 0. The standard InChI is InChI=1S/C32H45N3/c1-25(2)12-8-5-6-10-15-28-22-34-32(35-23-28)30-20-21-31(33-24-30)29-18-16-27(17-19-29)14-11-7-9-13-26(3)4/h16-26H,5-15H2,1-4H3. The highest BCUT2D eigenvalue weighted by atomic mass is 14.9. The second-order valence-corrected chi connectivity index (χ2v) is 10.9. The van der Waals surface area contributed by atoms with Crippen molar-refractivity contribution in [1.29, 1.82) is 0 Å². The summed E-state index contributed by atoms with van der Waals surface area (Å²) in [6.45, 7) is 9.22. The average Bonchev–Trinajstić information content (AvgIpc) is 2.86. The van der Waals surface area contributed by atoms with Crippen molar-refractivity contribution in [1.82, 2.24) is 15.0 Å². The molecule has 3 nitrogen and oxygen atoms in total. The molecule has 2 aromatic heterocycles. The maximum Gasteiger partial charge on any atom is 0.160 e. The van der Waals surface area contributed by atoms with Crippen LogP contribution < -0.4 is 0 Å². The van der Waals surface area contributed by atoms with Crippen LogP contribution in [0.1, 0.15) is 96.6 Å². The molecule has 0 N–H and O–H groups in total. The lowest BCUT2D eigenvalue weighted by molar-refractivity contribution is 0.520. The van der Waals surface area contributed by atoms with E-state index in [2.05, 4.69) is 74.1 Å². The quantitative estimate of drug-likeness (QED) is 0.207. The van der Waals surface area contributed by atoms with Gasteiger partial charge in [-0.2, -0.15) is 0 Å². The number of aromatic nitrogens is 3. The first-order chi connectivity index (χ1) is 17.0. The molecule has 0 bridgehead atoms. The first-order valence-electron chi connectivity index (χ1n) is 13.9. The summed E-state index contributed by atoms with van der Waals surface area (Å²) >= 11 is 0. The zero-order valence-electron chi connectivity index (χ0n) is 22.5. The molecule has 1 aromatic carbocycles. The van der Waals surface area contributed by atoms with E-state index in [1.54, 1.807) is 0 Å². The van der Waals surface area contributed by atoms with Crippen molar-refractivity contribution in [2.75, 3.05) is 0 Å². The van der Waals surface area contributed by atoms with Crippen molar-refractivity contribution in [3.63, 3.8) is 0 Å². The minimum atomic E-state index is 0.748. The number of rotatable bonds is 15. The minimum absolute atomic E-state index is 0.748. The summed E-state index contributed by atoms with van der Waals surface area (Å²) in [5.41, 5.74) is 5.75. The molecule has 0 spiro atoms. The van der Waals surface area contributed by atoms with Crippen LogP contribution >= 0.6 is 0 Å². The van der Waals surface area contributed by atoms with Gasteiger partial charge in [0.1, 0.15) is 0 Å². The molecule has 0 unspecified atom stereocenters. The SMILES string of the molecule is CC(C)CCCCCCc1cnc(-c2ccc(-c3ccc(CCCCCC(C)C)cc3)nc2)nc1. The van der Waals surface area contributed by atoms with Gasteiger partial charge < -0.3 is 0 Å². The molecule has 2 heterocycles. The van der Waals surface area contributed by atoms with Gasteiger partial charge in [0.25, 0.3) is 0 Å². The van der Waals surface area contributed by atoms with E-state index in [-0.39, 0.29) is 0 Å². The van der Waals surface area contributed by atoms with Gasteiger partial charge in [0.05, 0.1) is 5.69 Å². The summed E-state index contributed by atoms with van der Waals surface area (Å²) < 4.78 is 0. The molecule has 0 aliphatic heterocycles. The van der Waals surface area contributed by atoms with Gasteiger partial charge >= 0.3 is 0 Å². The number of hydrogen-bond donors (Lipinski definition) is 0. The number of unbranched alkanes of at least 4 members (excludes halogenated alkanes) is 5. The van der Waals surface area contributed by atoms with Gasteiger partial charge in [-0.3, -0.25) is 4.98 Å². The van der Waals surface area contributed by atoms with Gasteiger partial charge in [0.2, 0.25) is 0 Å². The Morgan fingerprint density at radius 3 is 1.63 bits per heavy atom. The molecule has 3 aromatic rings. The smallest absolute Gasteiger partial charge is 0.160 e. The van der Waals surface area contributed by atoms with E-state index in [9.17, 15) is 0 Å². The summed E-state index contributed by atoms with van der Waals surface area (Å²) in [6.07, 6.45) is 19.9. The van der Waals surface area contributed by atoms with Crippen molar-refractivity contribution in [2.24, 2.45) is 11.8 Å². The zero-order valence-corrected chi connectivity index (χ0v) is 22.5. The molecule has 35 heavy (non-hydrogen) atoms. The van der Waals surface area contributed by atoms with Gasteiger partial charge in [0, 0.05) is 29.7 Å². The molecule has 0 saturated carbocycles. The van der Waals surface area contributed by atoms with Gasteiger partial charge in [-0.05, 0) is 60.8 Å². The molecule has 3 rings (SSSR count). The van der Waals surface area contributed by atoms with E-state index in [0.29, 0.717) is 0 Å². The minimum Gasteiger partial charge on any atom is -0.255 e. The maximum absolute atomic E-state index is 4.69. The van der Waals surface area contributed by atoms with E-state index < -0.39 is 0 Å². The van der Waals surface area contributed by atoms with Crippen LogP contribution in [0.5, 0.6) is 0 Å². The van der Waals surface area contributed by atoms with Crippen LogP contribution in [0.3, 0.4) is 0 Å². The fourth-order valence-electron chi connectivity index (χ4n) is 4.47. The first kappa shape index (κ1) is 27.0. The Balaban J connectivity index is 1.45. The van der Waals surface area contributed by atoms with Crippen LogP contribution in [0.2, 0.25) is 0 Å². The molecule has 0 fully saturated rings.